The molecule has 1 aliphatic rings. The lowest BCUT2D eigenvalue weighted by Crippen LogP contribution is -2.34. The van der Waals surface area contributed by atoms with Crippen molar-refractivity contribution in [2.75, 3.05) is 19.3 Å². The maximum Gasteiger partial charge on any atom is 0.0233 e. The van der Waals surface area contributed by atoms with Gasteiger partial charge in [0.05, 0.1) is 0 Å². The zero-order valence-electron chi connectivity index (χ0n) is 11.9. The summed E-state index contributed by atoms with van der Waals surface area (Å²) in [6.45, 7) is 8.15. The zero-order chi connectivity index (χ0) is 13.0. The van der Waals surface area contributed by atoms with Crippen LogP contribution in [-0.4, -0.2) is 29.5 Å². The molecule has 1 aromatic rings. The molecule has 1 nitrogen and oxygen atoms in total. The molecule has 2 rings (SSSR count). The van der Waals surface area contributed by atoms with Crippen LogP contribution in [0.4, 0.5) is 0 Å². The van der Waals surface area contributed by atoms with Crippen molar-refractivity contribution in [1.29, 1.82) is 0 Å². The number of nitrogens with zero attached hydrogens (tertiary/aromatic N) is 1. The van der Waals surface area contributed by atoms with Crippen LogP contribution in [0.25, 0.3) is 0 Å². The SMILES string of the molecule is CSC1CCN(Cc2ccc(C(C)C)cc2)CC1. The second kappa shape index (κ2) is 6.63. The first-order valence-corrected chi connectivity index (χ1v) is 8.32. The standard InChI is InChI=1S/C16H25NS/c1-13(2)15-6-4-14(5-7-15)12-17-10-8-16(18-3)9-11-17/h4-7,13,16H,8-12H2,1-3H3. The fourth-order valence-electron chi connectivity index (χ4n) is 2.57. The molecule has 100 valence electrons. The predicted octanol–water partition coefficient (Wildman–Crippen LogP) is 4.14. The molecule has 0 radical (unpaired) electrons. The third-order valence-corrected chi connectivity index (χ3v) is 5.06. The molecule has 0 aliphatic carbocycles. The van der Waals surface area contributed by atoms with Crippen molar-refractivity contribution in [2.24, 2.45) is 0 Å². The Morgan fingerprint density at radius 2 is 1.78 bits per heavy atom. The molecular weight excluding hydrogens is 238 g/mol. The van der Waals surface area contributed by atoms with Crippen LogP contribution < -0.4 is 0 Å². The van der Waals surface area contributed by atoms with E-state index in [-0.39, 0.29) is 0 Å². The molecular formula is C16H25NS. The predicted molar refractivity (Wildman–Crippen MR) is 82.3 cm³/mol. The van der Waals surface area contributed by atoms with Crippen LogP contribution in [0.5, 0.6) is 0 Å². The lowest BCUT2D eigenvalue weighted by Gasteiger charge is -2.31. The van der Waals surface area contributed by atoms with E-state index in [1.807, 2.05) is 11.8 Å². The van der Waals surface area contributed by atoms with Gasteiger partial charge in [-0.15, -0.1) is 0 Å². The summed E-state index contributed by atoms with van der Waals surface area (Å²) in [4.78, 5) is 2.59. The van der Waals surface area contributed by atoms with Crippen LogP contribution >= 0.6 is 11.8 Å². The minimum atomic E-state index is 0.636. The number of likely N-dealkylation sites (tertiary alicyclic amines) is 1. The molecule has 1 heterocycles. The summed E-state index contributed by atoms with van der Waals surface area (Å²) in [5, 5.41) is 0.893. The average molecular weight is 263 g/mol. The summed E-state index contributed by atoms with van der Waals surface area (Å²) >= 11 is 2.03. The van der Waals surface area contributed by atoms with Crippen molar-refractivity contribution in [3.63, 3.8) is 0 Å². The van der Waals surface area contributed by atoms with E-state index >= 15 is 0 Å². The molecule has 0 unspecified atom stereocenters. The van der Waals surface area contributed by atoms with E-state index in [0.717, 1.165) is 11.8 Å². The monoisotopic (exact) mass is 263 g/mol. The summed E-state index contributed by atoms with van der Waals surface area (Å²) < 4.78 is 0. The Balaban J connectivity index is 1.86. The van der Waals surface area contributed by atoms with Gasteiger partial charge < -0.3 is 0 Å². The quantitative estimate of drug-likeness (QED) is 0.803. The van der Waals surface area contributed by atoms with Gasteiger partial charge in [0, 0.05) is 11.8 Å². The Bertz CT molecular complexity index is 350. The van der Waals surface area contributed by atoms with Crippen LogP contribution in [0.1, 0.15) is 43.7 Å². The summed E-state index contributed by atoms with van der Waals surface area (Å²) in [5.41, 5.74) is 2.90. The lowest BCUT2D eigenvalue weighted by atomic mass is 10.0. The molecule has 18 heavy (non-hydrogen) atoms. The molecule has 0 saturated carbocycles. The Hall–Kier alpha value is -0.470. The van der Waals surface area contributed by atoms with Crippen LogP contribution in [-0.2, 0) is 6.54 Å². The normalized spacial score (nSPS) is 18.4. The average Bonchev–Trinajstić information content (AvgIpc) is 2.40. The second-order valence-corrected chi connectivity index (χ2v) is 6.75. The molecule has 0 amide bonds. The molecule has 1 aliphatic heterocycles. The number of hydrogen-bond donors (Lipinski definition) is 0. The van der Waals surface area contributed by atoms with Gasteiger partial charge in [-0.3, -0.25) is 4.90 Å². The van der Waals surface area contributed by atoms with Crippen molar-refractivity contribution < 1.29 is 0 Å². The largest absolute Gasteiger partial charge is 0.299 e. The van der Waals surface area contributed by atoms with E-state index in [1.54, 1.807) is 0 Å². The molecule has 1 saturated heterocycles. The van der Waals surface area contributed by atoms with Crippen LogP contribution in [0.15, 0.2) is 24.3 Å². The lowest BCUT2D eigenvalue weighted by molar-refractivity contribution is 0.225. The van der Waals surface area contributed by atoms with Gasteiger partial charge in [0.2, 0.25) is 0 Å². The van der Waals surface area contributed by atoms with E-state index in [0.29, 0.717) is 5.92 Å². The highest BCUT2D eigenvalue weighted by atomic mass is 32.2. The highest BCUT2D eigenvalue weighted by Crippen LogP contribution is 2.22. The molecule has 0 N–H and O–H groups in total. The van der Waals surface area contributed by atoms with E-state index in [9.17, 15) is 0 Å². The van der Waals surface area contributed by atoms with E-state index < -0.39 is 0 Å². The van der Waals surface area contributed by atoms with Crippen molar-refractivity contribution in [2.45, 2.75) is 44.4 Å². The van der Waals surface area contributed by atoms with Crippen LogP contribution in [0.2, 0.25) is 0 Å². The highest BCUT2D eigenvalue weighted by Gasteiger charge is 2.18. The fourth-order valence-corrected chi connectivity index (χ4v) is 3.25. The van der Waals surface area contributed by atoms with Gasteiger partial charge in [0.1, 0.15) is 0 Å². The first-order valence-electron chi connectivity index (χ1n) is 7.03. The Labute approximate surface area is 116 Å². The Morgan fingerprint density at radius 3 is 2.28 bits per heavy atom. The van der Waals surface area contributed by atoms with Crippen molar-refractivity contribution in [3.8, 4) is 0 Å². The van der Waals surface area contributed by atoms with Crippen LogP contribution in [0.3, 0.4) is 0 Å². The van der Waals surface area contributed by atoms with Gasteiger partial charge in [-0.2, -0.15) is 11.8 Å². The van der Waals surface area contributed by atoms with Gasteiger partial charge in [-0.05, 0) is 49.2 Å². The number of rotatable bonds is 4. The number of piperidine rings is 1. The maximum absolute atomic E-state index is 2.59. The summed E-state index contributed by atoms with van der Waals surface area (Å²) in [5.74, 6) is 0.636. The van der Waals surface area contributed by atoms with Gasteiger partial charge >= 0.3 is 0 Å². The molecule has 1 aromatic carbocycles. The van der Waals surface area contributed by atoms with E-state index in [1.165, 1.54) is 37.1 Å². The Morgan fingerprint density at radius 1 is 1.17 bits per heavy atom. The smallest absolute Gasteiger partial charge is 0.0233 e. The van der Waals surface area contributed by atoms with Gasteiger partial charge in [0.25, 0.3) is 0 Å². The summed E-state index contributed by atoms with van der Waals surface area (Å²) in [6, 6.07) is 9.18. The van der Waals surface area contributed by atoms with Gasteiger partial charge in [-0.1, -0.05) is 38.1 Å². The minimum Gasteiger partial charge on any atom is -0.299 e. The minimum absolute atomic E-state index is 0.636. The molecule has 0 aromatic heterocycles. The third-order valence-electron chi connectivity index (χ3n) is 3.92. The van der Waals surface area contributed by atoms with Gasteiger partial charge in [0.15, 0.2) is 0 Å². The number of hydrogen-bond acceptors (Lipinski definition) is 2. The van der Waals surface area contributed by atoms with E-state index in [2.05, 4.69) is 49.3 Å². The first-order chi connectivity index (χ1) is 8.69. The maximum atomic E-state index is 2.59. The second-order valence-electron chi connectivity index (χ2n) is 5.61. The first kappa shape index (κ1) is 14.0. The highest BCUT2D eigenvalue weighted by molar-refractivity contribution is 7.99. The third kappa shape index (κ3) is 3.76. The molecule has 2 heteroatoms. The molecule has 0 bridgehead atoms. The van der Waals surface area contributed by atoms with E-state index in [4.69, 9.17) is 0 Å². The Kier molecular flexibility index (Phi) is 5.13. The topological polar surface area (TPSA) is 3.24 Å². The molecule has 0 atom stereocenters. The van der Waals surface area contributed by atoms with Crippen LogP contribution in [0, 0.1) is 0 Å². The molecule has 1 fully saturated rings. The number of benzene rings is 1. The number of thioether (sulfide) groups is 1. The van der Waals surface area contributed by atoms with Crippen molar-refractivity contribution >= 4 is 11.8 Å². The summed E-state index contributed by atoms with van der Waals surface area (Å²) in [7, 11) is 0. The summed E-state index contributed by atoms with van der Waals surface area (Å²) in [6.07, 6.45) is 4.95. The van der Waals surface area contributed by atoms with Crippen molar-refractivity contribution in [3.05, 3.63) is 35.4 Å². The molecule has 0 spiro atoms. The zero-order valence-corrected chi connectivity index (χ0v) is 12.7. The fraction of sp³-hybridized carbons (Fsp3) is 0.625. The van der Waals surface area contributed by atoms with Gasteiger partial charge in [-0.25, -0.2) is 0 Å². The van der Waals surface area contributed by atoms with Crippen molar-refractivity contribution in [1.82, 2.24) is 4.90 Å².